The molecule has 0 bridgehead atoms. The number of pyridine rings is 1. The maximum atomic E-state index is 11.7. The van der Waals surface area contributed by atoms with Crippen LogP contribution in [0.2, 0.25) is 0 Å². The van der Waals surface area contributed by atoms with Gasteiger partial charge in [-0.05, 0) is 44.0 Å². The largest absolute Gasteiger partial charge is 0.490 e. The second-order valence-corrected chi connectivity index (χ2v) is 6.87. The van der Waals surface area contributed by atoms with E-state index in [4.69, 9.17) is 19.9 Å². The number of carbonyl (C=O) groups excluding carboxylic acids is 1. The highest BCUT2D eigenvalue weighted by molar-refractivity contribution is 5.91. The molecule has 0 radical (unpaired) electrons. The molecule has 32 heavy (non-hydrogen) atoms. The second kappa shape index (κ2) is 10.3. The van der Waals surface area contributed by atoms with Crippen LogP contribution in [0.3, 0.4) is 0 Å². The van der Waals surface area contributed by atoms with E-state index in [0.717, 1.165) is 16.7 Å². The molecule has 0 fully saturated rings. The van der Waals surface area contributed by atoms with Crippen LogP contribution in [0.4, 0.5) is 5.82 Å². The summed E-state index contributed by atoms with van der Waals surface area (Å²) in [5.74, 6) is 0.558. The van der Waals surface area contributed by atoms with Gasteiger partial charge < -0.3 is 19.9 Å². The monoisotopic (exact) mass is 431 g/mol. The maximum absolute atomic E-state index is 11.7. The maximum Gasteiger partial charge on any atom is 0.344 e. The summed E-state index contributed by atoms with van der Waals surface area (Å²) in [6, 6.07) is 17.2. The lowest BCUT2D eigenvalue weighted by Crippen LogP contribution is -2.15. The fourth-order valence-electron chi connectivity index (χ4n) is 3.48. The Balaban J connectivity index is 2.16. The normalized spacial score (nSPS) is 10.3. The van der Waals surface area contributed by atoms with Gasteiger partial charge in [-0.2, -0.15) is 5.26 Å². The van der Waals surface area contributed by atoms with E-state index in [1.165, 1.54) is 0 Å². The van der Waals surface area contributed by atoms with Gasteiger partial charge in [0.1, 0.15) is 17.5 Å². The molecule has 3 rings (SSSR count). The molecule has 0 aliphatic carbocycles. The Morgan fingerprint density at radius 1 is 1.00 bits per heavy atom. The number of anilines is 1. The summed E-state index contributed by atoms with van der Waals surface area (Å²) in [5, 5.41) is 9.87. The first kappa shape index (κ1) is 22.6. The Bertz CT molecular complexity index is 1150. The van der Waals surface area contributed by atoms with E-state index in [0.29, 0.717) is 29.4 Å². The topological polar surface area (TPSA) is 107 Å². The number of nitrogens with zero attached hydrogens (tertiary/aromatic N) is 2. The Hall–Kier alpha value is -4.05. The lowest BCUT2D eigenvalue weighted by molar-refractivity contribution is -0.145. The molecule has 0 saturated heterocycles. The summed E-state index contributed by atoms with van der Waals surface area (Å²) in [4.78, 5) is 16.1. The number of carbonyl (C=O) groups is 1. The van der Waals surface area contributed by atoms with Gasteiger partial charge in [0.25, 0.3) is 0 Å². The summed E-state index contributed by atoms with van der Waals surface area (Å²) in [6.07, 6.45) is 0. The SMILES string of the molecule is CCOC(=O)COc1ccc(-c2c(C#N)c(N)nc(C)c2-c2ccccc2)cc1OCC. The summed E-state index contributed by atoms with van der Waals surface area (Å²) in [5.41, 5.74) is 10.2. The highest BCUT2D eigenvalue weighted by Gasteiger charge is 2.21. The molecular formula is C25H25N3O4. The number of ether oxygens (including phenoxy) is 3. The molecule has 7 nitrogen and oxygen atoms in total. The van der Waals surface area contributed by atoms with Crippen LogP contribution < -0.4 is 15.2 Å². The first-order chi connectivity index (χ1) is 15.5. The van der Waals surface area contributed by atoms with Crippen molar-refractivity contribution in [1.82, 2.24) is 4.98 Å². The van der Waals surface area contributed by atoms with Crippen molar-refractivity contribution >= 4 is 11.8 Å². The van der Waals surface area contributed by atoms with Crippen molar-refractivity contribution in [2.24, 2.45) is 0 Å². The Morgan fingerprint density at radius 3 is 2.41 bits per heavy atom. The Kier molecular flexibility index (Phi) is 7.29. The average Bonchev–Trinajstić information content (AvgIpc) is 2.78. The number of nitrogen functional groups attached to an aromatic ring is 1. The minimum atomic E-state index is -0.463. The highest BCUT2D eigenvalue weighted by atomic mass is 16.6. The number of nitriles is 1. The number of esters is 1. The van der Waals surface area contributed by atoms with Crippen LogP contribution in [0.15, 0.2) is 48.5 Å². The van der Waals surface area contributed by atoms with Crippen molar-refractivity contribution in [2.75, 3.05) is 25.6 Å². The second-order valence-electron chi connectivity index (χ2n) is 6.87. The van der Waals surface area contributed by atoms with Crippen LogP contribution in [-0.4, -0.2) is 30.8 Å². The number of hydrogen-bond acceptors (Lipinski definition) is 7. The summed E-state index contributed by atoms with van der Waals surface area (Å²) in [7, 11) is 0. The summed E-state index contributed by atoms with van der Waals surface area (Å²) in [6.45, 7) is 5.90. The molecule has 0 saturated carbocycles. The third-order valence-corrected chi connectivity index (χ3v) is 4.76. The number of aromatic nitrogens is 1. The zero-order chi connectivity index (χ0) is 23.1. The van der Waals surface area contributed by atoms with Gasteiger partial charge in [-0.1, -0.05) is 36.4 Å². The average molecular weight is 431 g/mol. The van der Waals surface area contributed by atoms with Gasteiger partial charge in [0.15, 0.2) is 18.1 Å². The lowest BCUT2D eigenvalue weighted by Gasteiger charge is -2.18. The molecule has 164 valence electrons. The molecule has 1 heterocycles. The smallest absolute Gasteiger partial charge is 0.344 e. The molecule has 0 unspecified atom stereocenters. The number of hydrogen-bond donors (Lipinski definition) is 1. The molecule has 1 aromatic heterocycles. The van der Waals surface area contributed by atoms with Gasteiger partial charge in [0, 0.05) is 16.8 Å². The number of benzene rings is 2. The molecule has 0 aliphatic rings. The lowest BCUT2D eigenvalue weighted by atomic mass is 9.90. The summed E-state index contributed by atoms with van der Waals surface area (Å²) < 4.78 is 16.3. The van der Waals surface area contributed by atoms with E-state index in [2.05, 4.69) is 11.1 Å². The number of nitrogens with two attached hydrogens (primary N) is 1. The molecule has 0 atom stereocenters. The predicted molar refractivity (Wildman–Crippen MR) is 122 cm³/mol. The first-order valence-electron chi connectivity index (χ1n) is 10.3. The van der Waals surface area contributed by atoms with Crippen LogP contribution >= 0.6 is 0 Å². The molecule has 0 amide bonds. The van der Waals surface area contributed by atoms with Crippen molar-refractivity contribution in [3.8, 4) is 39.8 Å². The zero-order valence-electron chi connectivity index (χ0n) is 18.3. The molecule has 0 aliphatic heterocycles. The molecular weight excluding hydrogens is 406 g/mol. The van der Waals surface area contributed by atoms with E-state index in [1.54, 1.807) is 19.1 Å². The van der Waals surface area contributed by atoms with Gasteiger partial charge in [-0.15, -0.1) is 0 Å². The van der Waals surface area contributed by atoms with Crippen molar-refractivity contribution in [1.29, 1.82) is 5.26 Å². The van der Waals surface area contributed by atoms with Gasteiger partial charge in [-0.25, -0.2) is 9.78 Å². The fraction of sp³-hybridized carbons (Fsp3) is 0.240. The minimum absolute atomic E-state index is 0.167. The van der Waals surface area contributed by atoms with Gasteiger partial charge in [0.05, 0.1) is 13.2 Å². The Morgan fingerprint density at radius 2 is 1.75 bits per heavy atom. The Labute approximate surface area is 187 Å². The first-order valence-corrected chi connectivity index (χ1v) is 10.3. The number of rotatable bonds is 8. The van der Waals surface area contributed by atoms with Crippen LogP contribution in [0.25, 0.3) is 22.3 Å². The van der Waals surface area contributed by atoms with E-state index >= 15 is 0 Å². The van der Waals surface area contributed by atoms with Crippen molar-refractivity contribution < 1.29 is 19.0 Å². The van der Waals surface area contributed by atoms with Gasteiger partial charge in [-0.3, -0.25) is 0 Å². The highest BCUT2D eigenvalue weighted by Crippen LogP contribution is 2.41. The minimum Gasteiger partial charge on any atom is -0.490 e. The van der Waals surface area contributed by atoms with E-state index in [1.807, 2.05) is 50.2 Å². The molecule has 7 heteroatoms. The predicted octanol–water partition coefficient (Wildman–Crippen LogP) is 4.52. The van der Waals surface area contributed by atoms with E-state index < -0.39 is 5.97 Å². The van der Waals surface area contributed by atoms with E-state index in [-0.39, 0.29) is 24.6 Å². The molecule has 2 aromatic carbocycles. The third kappa shape index (κ3) is 4.81. The van der Waals surface area contributed by atoms with Crippen molar-refractivity contribution in [3.63, 3.8) is 0 Å². The van der Waals surface area contributed by atoms with Crippen LogP contribution in [0, 0.1) is 18.3 Å². The molecule has 3 aromatic rings. The molecule has 2 N–H and O–H groups in total. The van der Waals surface area contributed by atoms with Crippen LogP contribution in [0.5, 0.6) is 11.5 Å². The van der Waals surface area contributed by atoms with Crippen LogP contribution in [0.1, 0.15) is 25.1 Å². The molecule has 0 spiro atoms. The standard InChI is InChI=1S/C25H25N3O4/c1-4-30-21-13-18(11-12-20(21)32-15-22(29)31-5-2)24-19(14-26)25(27)28-16(3)23(24)17-9-7-6-8-10-17/h6-13H,4-5,15H2,1-3H3,(H2,27,28). The zero-order valence-corrected chi connectivity index (χ0v) is 18.3. The number of aryl methyl sites for hydroxylation is 1. The summed E-state index contributed by atoms with van der Waals surface area (Å²) >= 11 is 0. The van der Waals surface area contributed by atoms with Crippen LogP contribution in [-0.2, 0) is 9.53 Å². The third-order valence-electron chi connectivity index (χ3n) is 4.76. The van der Waals surface area contributed by atoms with Gasteiger partial charge >= 0.3 is 5.97 Å². The van der Waals surface area contributed by atoms with E-state index in [9.17, 15) is 10.1 Å². The van der Waals surface area contributed by atoms with Crippen molar-refractivity contribution in [3.05, 3.63) is 59.8 Å². The van der Waals surface area contributed by atoms with Gasteiger partial charge in [0.2, 0.25) is 0 Å². The van der Waals surface area contributed by atoms with Crippen molar-refractivity contribution in [2.45, 2.75) is 20.8 Å². The fourth-order valence-corrected chi connectivity index (χ4v) is 3.48. The quantitative estimate of drug-likeness (QED) is 0.523.